The van der Waals surface area contributed by atoms with Crippen molar-refractivity contribution in [2.75, 3.05) is 42.9 Å². The molecule has 9 nitrogen and oxygen atoms in total. The standard InChI is InChI=1S/C15H17F3N6O3/c1-2-22-3-5-23(6-4-22)9-7-10(12(25)26)11-19-14(21-24(11)8-9)20-13(27)15(16,17)18/h7-8H,2-6H2,1H3,(H,25,26)(H,20,21,27). The van der Waals surface area contributed by atoms with Crippen LogP contribution in [0.25, 0.3) is 5.65 Å². The molecular weight excluding hydrogens is 369 g/mol. The summed E-state index contributed by atoms with van der Waals surface area (Å²) < 4.78 is 38.2. The molecule has 3 heterocycles. The van der Waals surface area contributed by atoms with Crippen molar-refractivity contribution in [3.8, 4) is 0 Å². The molecule has 2 aromatic heterocycles. The number of hydrogen-bond acceptors (Lipinski definition) is 6. The number of fused-ring (bicyclic) bond motifs is 1. The van der Waals surface area contributed by atoms with Crippen LogP contribution in [-0.2, 0) is 4.79 Å². The number of aromatic nitrogens is 3. The monoisotopic (exact) mass is 386 g/mol. The molecule has 0 radical (unpaired) electrons. The lowest BCUT2D eigenvalue weighted by atomic mass is 10.2. The van der Waals surface area contributed by atoms with Crippen molar-refractivity contribution in [1.82, 2.24) is 19.5 Å². The van der Waals surface area contributed by atoms with E-state index in [1.807, 2.05) is 4.90 Å². The summed E-state index contributed by atoms with van der Waals surface area (Å²) in [5.41, 5.74) is 0.190. The van der Waals surface area contributed by atoms with Gasteiger partial charge >= 0.3 is 18.1 Å². The highest BCUT2D eigenvalue weighted by Gasteiger charge is 2.39. The fraction of sp³-hybridized carbons (Fsp3) is 0.467. The first-order valence-electron chi connectivity index (χ1n) is 8.18. The van der Waals surface area contributed by atoms with Gasteiger partial charge in [0.15, 0.2) is 5.65 Å². The van der Waals surface area contributed by atoms with Crippen LogP contribution in [-0.4, -0.2) is 75.4 Å². The molecule has 27 heavy (non-hydrogen) atoms. The van der Waals surface area contributed by atoms with Crippen LogP contribution >= 0.6 is 0 Å². The molecule has 12 heteroatoms. The molecule has 3 rings (SSSR count). The number of alkyl halides is 3. The van der Waals surface area contributed by atoms with Crippen molar-refractivity contribution >= 4 is 29.2 Å². The summed E-state index contributed by atoms with van der Waals surface area (Å²) in [5, 5.41) is 14.7. The van der Waals surface area contributed by atoms with E-state index in [1.165, 1.54) is 17.6 Å². The van der Waals surface area contributed by atoms with Crippen LogP contribution in [0.5, 0.6) is 0 Å². The zero-order valence-corrected chi connectivity index (χ0v) is 14.3. The number of amides is 1. The predicted molar refractivity (Wildman–Crippen MR) is 89.0 cm³/mol. The number of nitrogens with one attached hydrogen (secondary N) is 1. The SMILES string of the molecule is CCN1CCN(c2cc(C(=O)O)c3nc(NC(=O)C(F)(F)F)nn3c2)CC1. The van der Waals surface area contributed by atoms with Gasteiger partial charge < -0.3 is 14.9 Å². The van der Waals surface area contributed by atoms with Gasteiger partial charge in [0.1, 0.15) is 5.56 Å². The molecule has 0 saturated carbocycles. The molecule has 0 unspecified atom stereocenters. The third-order valence-corrected chi connectivity index (χ3v) is 4.32. The summed E-state index contributed by atoms with van der Waals surface area (Å²) in [7, 11) is 0. The number of hydrogen-bond donors (Lipinski definition) is 2. The second-order valence-corrected chi connectivity index (χ2v) is 5.99. The Bertz CT molecular complexity index is 874. The first-order valence-corrected chi connectivity index (χ1v) is 8.18. The second-order valence-electron chi connectivity index (χ2n) is 5.99. The second kappa shape index (κ2) is 7.02. The summed E-state index contributed by atoms with van der Waals surface area (Å²) >= 11 is 0. The number of carboxylic acid groups (broad SMARTS) is 1. The van der Waals surface area contributed by atoms with Crippen molar-refractivity contribution < 1.29 is 27.9 Å². The van der Waals surface area contributed by atoms with Gasteiger partial charge in [-0.15, -0.1) is 5.10 Å². The van der Waals surface area contributed by atoms with E-state index in [0.29, 0.717) is 18.8 Å². The summed E-state index contributed by atoms with van der Waals surface area (Å²) in [5.74, 6) is -4.14. The summed E-state index contributed by atoms with van der Waals surface area (Å²) in [6, 6.07) is 1.41. The normalized spacial score (nSPS) is 15.9. The topological polar surface area (TPSA) is 103 Å². The maximum atomic E-state index is 12.4. The number of aromatic carboxylic acids is 1. The molecule has 146 valence electrons. The number of carboxylic acids is 1. The number of anilines is 2. The molecule has 2 aromatic rings. The van der Waals surface area contributed by atoms with Crippen molar-refractivity contribution in [3.05, 3.63) is 17.8 Å². The van der Waals surface area contributed by atoms with Crippen molar-refractivity contribution in [3.63, 3.8) is 0 Å². The Morgan fingerprint density at radius 3 is 2.48 bits per heavy atom. The minimum atomic E-state index is -5.10. The van der Waals surface area contributed by atoms with Crippen LogP contribution in [0.4, 0.5) is 24.8 Å². The Balaban J connectivity index is 1.94. The molecule has 2 N–H and O–H groups in total. The average molecular weight is 386 g/mol. The van der Waals surface area contributed by atoms with Crippen molar-refractivity contribution in [2.24, 2.45) is 0 Å². The highest BCUT2D eigenvalue weighted by molar-refractivity contribution is 5.97. The molecule has 1 amide bonds. The third-order valence-electron chi connectivity index (χ3n) is 4.32. The van der Waals surface area contributed by atoms with Gasteiger partial charge in [-0.3, -0.25) is 10.1 Å². The van der Waals surface area contributed by atoms with E-state index in [1.54, 1.807) is 0 Å². The van der Waals surface area contributed by atoms with Gasteiger partial charge in [0.2, 0.25) is 5.95 Å². The van der Waals surface area contributed by atoms with E-state index in [9.17, 15) is 27.9 Å². The van der Waals surface area contributed by atoms with Crippen LogP contribution < -0.4 is 10.2 Å². The minimum absolute atomic E-state index is 0.157. The smallest absolute Gasteiger partial charge is 0.471 e. The summed E-state index contributed by atoms with van der Waals surface area (Å²) in [6.07, 6.45) is -3.61. The number of nitrogens with zero attached hydrogens (tertiary/aromatic N) is 5. The highest BCUT2D eigenvalue weighted by Crippen LogP contribution is 2.23. The molecule has 0 aliphatic carbocycles. The number of carbonyl (C=O) groups is 2. The van der Waals surface area contributed by atoms with E-state index in [2.05, 4.69) is 21.9 Å². The number of pyridine rings is 1. The Hall–Kier alpha value is -2.89. The van der Waals surface area contributed by atoms with Gasteiger partial charge in [-0.2, -0.15) is 18.2 Å². The molecule has 1 saturated heterocycles. The number of halogens is 3. The van der Waals surface area contributed by atoms with Crippen LogP contribution in [0.3, 0.4) is 0 Å². The van der Waals surface area contributed by atoms with Crippen LogP contribution in [0.15, 0.2) is 12.3 Å². The lowest BCUT2D eigenvalue weighted by Gasteiger charge is -2.35. The molecule has 0 aromatic carbocycles. The predicted octanol–water partition coefficient (Wildman–Crippen LogP) is 1.07. The van der Waals surface area contributed by atoms with Gasteiger partial charge in [-0.25, -0.2) is 9.31 Å². The molecule has 0 atom stereocenters. The Kier molecular flexibility index (Phi) is 4.91. The molecule has 0 spiro atoms. The van der Waals surface area contributed by atoms with Gasteiger partial charge in [0.25, 0.3) is 0 Å². The van der Waals surface area contributed by atoms with Crippen molar-refractivity contribution in [2.45, 2.75) is 13.1 Å². The quantitative estimate of drug-likeness (QED) is 0.810. The Morgan fingerprint density at radius 2 is 1.93 bits per heavy atom. The van der Waals surface area contributed by atoms with Gasteiger partial charge in [-0.1, -0.05) is 6.92 Å². The molecular formula is C15H17F3N6O3. The summed E-state index contributed by atoms with van der Waals surface area (Å²) in [6.45, 7) is 5.92. The Labute approximate surface area is 151 Å². The van der Waals surface area contributed by atoms with Gasteiger partial charge in [-0.05, 0) is 12.6 Å². The number of piperazine rings is 1. The van der Waals surface area contributed by atoms with E-state index in [4.69, 9.17) is 0 Å². The van der Waals surface area contributed by atoms with E-state index >= 15 is 0 Å². The van der Waals surface area contributed by atoms with Gasteiger partial charge in [0, 0.05) is 26.2 Å². The summed E-state index contributed by atoms with van der Waals surface area (Å²) in [4.78, 5) is 30.5. The fourth-order valence-electron chi connectivity index (χ4n) is 2.85. The van der Waals surface area contributed by atoms with E-state index in [0.717, 1.165) is 24.1 Å². The first-order chi connectivity index (χ1) is 12.7. The van der Waals surface area contributed by atoms with Gasteiger partial charge in [0.05, 0.1) is 11.9 Å². The average Bonchev–Trinajstić information content (AvgIpc) is 3.02. The lowest BCUT2D eigenvalue weighted by Crippen LogP contribution is -2.46. The number of carbonyl (C=O) groups excluding carboxylic acids is 1. The molecule has 1 aliphatic rings. The Morgan fingerprint density at radius 1 is 1.26 bits per heavy atom. The minimum Gasteiger partial charge on any atom is -0.478 e. The zero-order chi connectivity index (χ0) is 19.8. The maximum Gasteiger partial charge on any atom is 0.471 e. The fourth-order valence-corrected chi connectivity index (χ4v) is 2.85. The van der Waals surface area contributed by atoms with Crippen LogP contribution in [0, 0.1) is 0 Å². The van der Waals surface area contributed by atoms with Crippen LogP contribution in [0.2, 0.25) is 0 Å². The number of rotatable bonds is 4. The van der Waals surface area contributed by atoms with Crippen LogP contribution in [0.1, 0.15) is 17.3 Å². The zero-order valence-electron chi connectivity index (χ0n) is 14.3. The first kappa shape index (κ1) is 18.9. The highest BCUT2D eigenvalue weighted by atomic mass is 19.4. The van der Waals surface area contributed by atoms with E-state index < -0.39 is 24.0 Å². The molecule has 0 bridgehead atoms. The van der Waals surface area contributed by atoms with E-state index in [-0.39, 0.29) is 11.2 Å². The third kappa shape index (κ3) is 3.94. The largest absolute Gasteiger partial charge is 0.478 e. The lowest BCUT2D eigenvalue weighted by molar-refractivity contribution is -0.167. The number of likely N-dealkylation sites (N-methyl/N-ethyl adjacent to an activating group) is 1. The maximum absolute atomic E-state index is 12.4. The molecule has 1 aliphatic heterocycles. The molecule has 1 fully saturated rings. The van der Waals surface area contributed by atoms with Crippen molar-refractivity contribution in [1.29, 1.82) is 0 Å².